The molecule has 0 aliphatic heterocycles. The first kappa shape index (κ1) is 58.6. The molecule has 0 unspecified atom stereocenters. The third-order valence-electron chi connectivity index (χ3n) is 20.4. The van der Waals surface area contributed by atoms with Crippen molar-refractivity contribution in [2.24, 2.45) is 0 Å². The Bertz CT molecular complexity index is 6200. The average Bonchev–Trinajstić information content (AvgIpc) is 1.39. The van der Waals surface area contributed by atoms with Gasteiger partial charge in [0.2, 0.25) is 0 Å². The lowest BCUT2D eigenvalue weighted by Gasteiger charge is -2.21. The SMILES string of the molecule is CC(C)(C)c1ccc(-c2c3ccccc3c(-c3ccc4c(c3)sc3cc(-c5cccc6ccccc56)ccc34)c3ccccc23)cc1.CC(C)(C)c1ccc(-c2c3ccccc3c(-c3ccc4c(c3)sc3cc(-n5c6ccccc6c6ccccc65)ccc34)c3ccccc23)cc1. The maximum atomic E-state index is 2.42. The van der Waals surface area contributed by atoms with Crippen LogP contribution in [0.25, 0.3) is 177 Å². The topological polar surface area (TPSA) is 4.93 Å². The predicted molar refractivity (Wildman–Crippen MR) is 425 cm³/mol. The quantitative estimate of drug-likeness (QED) is 0.146. The van der Waals surface area contributed by atoms with Crippen molar-refractivity contribution in [1.82, 2.24) is 4.57 Å². The molecule has 19 rings (SSSR count). The van der Waals surface area contributed by atoms with Crippen molar-refractivity contribution in [3.63, 3.8) is 0 Å². The van der Waals surface area contributed by atoms with Crippen LogP contribution in [0.3, 0.4) is 0 Å². The lowest BCUT2D eigenvalue weighted by Crippen LogP contribution is -2.10. The highest BCUT2D eigenvalue weighted by Crippen LogP contribution is 2.49. The molecule has 0 bridgehead atoms. The largest absolute Gasteiger partial charge is 0.309 e. The minimum atomic E-state index is 0.115. The van der Waals surface area contributed by atoms with Gasteiger partial charge in [-0.1, -0.05) is 308 Å². The van der Waals surface area contributed by atoms with Crippen LogP contribution in [-0.4, -0.2) is 4.57 Å². The smallest absolute Gasteiger partial charge is 0.0541 e. The summed E-state index contributed by atoms with van der Waals surface area (Å²) in [5.74, 6) is 0. The Morgan fingerprint density at radius 2 is 0.526 bits per heavy atom. The highest BCUT2D eigenvalue weighted by molar-refractivity contribution is 7.26. The zero-order valence-corrected chi connectivity index (χ0v) is 56.8. The maximum Gasteiger partial charge on any atom is 0.0541 e. The van der Waals surface area contributed by atoms with Crippen LogP contribution in [0.2, 0.25) is 0 Å². The normalized spacial score (nSPS) is 12.2. The Balaban J connectivity index is 0.000000141. The van der Waals surface area contributed by atoms with Gasteiger partial charge in [0.15, 0.2) is 0 Å². The van der Waals surface area contributed by atoms with Crippen LogP contribution in [0.1, 0.15) is 52.7 Å². The van der Waals surface area contributed by atoms with Crippen molar-refractivity contribution in [2.45, 2.75) is 52.4 Å². The summed E-state index contributed by atoms with van der Waals surface area (Å²) in [6.07, 6.45) is 0. The monoisotopic (exact) mass is 1280 g/mol. The van der Waals surface area contributed by atoms with Gasteiger partial charge in [-0.05, 0) is 174 Å². The molecule has 462 valence electrons. The Morgan fingerprint density at radius 1 is 0.227 bits per heavy atom. The molecule has 0 saturated carbocycles. The average molecular weight is 1280 g/mol. The van der Waals surface area contributed by atoms with Gasteiger partial charge in [-0.15, -0.1) is 22.7 Å². The first-order chi connectivity index (χ1) is 47.4. The Morgan fingerprint density at radius 3 is 0.928 bits per heavy atom. The molecule has 3 heterocycles. The Labute approximate surface area is 573 Å². The van der Waals surface area contributed by atoms with Crippen molar-refractivity contribution in [2.75, 3.05) is 0 Å². The van der Waals surface area contributed by atoms with E-state index in [0.717, 1.165) is 0 Å². The van der Waals surface area contributed by atoms with Gasteiger partial charge < -0.3 is 4.57 Å². The van der Waals surface area contributed by atoms with Crippen LogP contribution in [0.4, 0.5) is 0 Å². The molecule has 3 aromatic heterocycles. The summed E-state index contributed by atoms with van der Waals surface area (Å²) in [5.41, 5.74) is 19.4. The molecule has 0 spiro atoms. The van der Waals surface area contributed by atoms with Crippen LogP contribution in [0.15, 0.2) is 309 Å². The molecule has 0 N–H and O–H groups in total. The Kier molecular flexibility index (Phi) is 13.8. The summed E-state index contributed by atoms with van der Waals surface area (Å²) in [7, 11) is 0. The van der Waals surface area contributed by atoms with E-state index in [9.17, 15) is 0 Å². The maximum absolute atomic E-state index is 2.42. The van der Waals surface area contributed by atoms with Gasteiger partial charge in [-0.2, -0.15) is 0 Å². The highest BCUT2D eigenvalue weighted by Gasteiger charge is 2.23. The molecular formula is C94H69NS2. The summed E-state index contributed by atoms with van der Waals surface area (Å²) >= 11 is 3.79. The van der Waals surface area contributed by atoms with E-state index >= 15 is 0 Å². The number of para-hydroxylation sites is 2. The van der Waals surface area contributed by atoms with E-state index in [-0.39, 0.29) is 10.8 Å². The van der Waals surface area contributed by atoms with Crippen LogP contribution in [-0.2, 0) is 10.8 Å². The number of benzene rings is 16. The van der Waals surface area contributed by atoms with E-state index in [1.807, 2.05) is 22.7 Å². The summed E-state index contributed by atoms with van der Waals surface area (Å²) in [6, 6.07) is 115. The van der Waals surface area contributed by atoms with Crippen molar-refractivity contribution in [3.05, 3.63) is 321 Å². The van der Waals surface area contributed by atoms with E-state index in [0.29, 0.717) is 0 Å². The number of fused-ring (bicyclic) bond motifs is 14. The minimum Gasteiger partial charge on any atom is -0.309 e. The molecule has 1 nitrogen and oxygen atoms in total. The van der Waals surface area contributed by atoms with Crippen LogP contribution in [0.5, 0.6) is 0 Å². The summed E-state index contributed by atoms with van der Waals surface area (Å²) in [6.45, 7) is 13.7. The summed E-state index contributed by atoms with van der Waals surface area (Å²) in [4.78, 5) is 0. The molecule has 3 heteroatoms. The molecule has 97 heavy (non-hydrogen) atoms. The number of thiophene rings is 2. The number of rotatable bonds is 6. The standard InChI is InChI=1S/C48H35NS.C46H34S/c1-48(2,3)32-23-20-30(21-24-32)46-38-14-4-6-16-40(38)47(41-17-7-5-15-39(41)46)31-22-26-36-37-27-25-33(29-45(37)50-44(36)28-31)49-42-18-10-8-12-34(42)35-13-9-11-19-43(35)49;1-46(2,3)33-23-19-30(20-24-33)44-38-14-6-8-16-40(38)45(41-17-9-7-15-39(41)44)32-22-26-37-36-25-21-31(27-42(36)47-43(37)28-32)35-18-10-12-29-11-4-5-13-34(29)35/h4-29H,1-3H3;4-28H,1-3H3. The summed E-state index contributed by atoms with van der Waals surface area (Å²) in [5, 5.41) is 20.7. The number of aromatic nitrogens is 1. The van der Waals surface area contributed by atoms with Crippen LogP contribution >= 0.6 is 22.7 Å². The van der Waals surface area contributed by atoms with Crippen molar-refractivity contribution >= 4 is 139 Å². The first-order valence-electron chi connectivity index (χ1n) is 33.9. The van der Waals surface area contributed by atoms with Crippen LogP contribution in [0, 0.1) is 0 Å². The molecule has 0 radical (unpaired) electrons. The van der Waals surface area contributed by atoms with Crippen molar-refractivity contribution in [3.8, 4) is 61.3 Å². The van der Waals surface area contributed by atoms with E-state index in [1.54, 1.807) is 0 Å². The van der Waals surface area contributed by atoms with Gasteiger partial charge in [-0.25, -0.2) is 0 Å². The summed E-state index contributed by atoms with van der Waals surface area (Å²) < 4.78 is 7.68. The lowest BCUT2D eigenvalue weighted by molar-refractivity contribution is 0.590. The molecule has 0 atom stereocenters. The number of nitrogens with zero attached hydrogens (tertiary/aromatic N) is 1. The second kappa shape index (κ2) is 22.9. The van der Waals surface area contributed by atoms with Crippen molar-refractivity contribution in [1.29, 1.82) is 0 Å². The predicted octanol–water partition coefficient (Wildman–Crippen LogP) is 27.9. The minimum absolute atomic E-state index is 0.115. The van der Waals surface area contributed by atoms with Gasteiger partial charge in [0, 0.05) is 56.8 Å². The van der Waals surface area contributed by atoms with Gasteiger partial charge in [0.05, 0.1) is 11.0 Å². The van der Waals surface area contributed by atoms with Gasteiger partial charge in [0.25, 0.3) is 0 Å². The van der Waals surface area contributed by atoms with Crippen molar-refractivity contribution < 1.29 is 0 Å². The zero-order valence-electron chi connectivity index (χ0n) is 55.2. The molecule has 0 amide bonds. The first-order valence-corrected chi connectivity index (χ1v) is 35.5. The molecule has 19 aromatic rings. The van der Waals surface area contributed by atoms with Gasteiger partial charge in [-0.3, -0.25) is 0 Å². The second-order valence-corrected chi connectivity index (χ2v) is 30.4. The van der Waals surface area contributed by atoms with Gasteiger partial charge >= 0.3 is 0 Å². The lowest BCUT2D eigenvalue weighted by atomic mass is 9.83. The number of hydrogen-bond donors (Lipinski definition) is 0. The van der Waals surface area contributed by atoms with Crippen LogP contribution < -0.4 is 0 Å². The van der Waals surface area contributed by atoms with E-state index < -0.39 is 0 Å². The van der Waals surface area contributed by atoms with E-state index in [4.69, 9.17) is 0 Å². The molecule has 0 fully saturated rings. The third kappa shape index (κ3) is 9.85. The fourth-order valence-corrected chi connectivity index (χ4v) is 18.0. The third-order valence-corrected chi connectivity index (χ3v) is 22.6. The van der Waals surface area contributed by atoms with E-state index in [1.165, 1.54) is 188 Å². The molecule has 0 saturated heterocycles. The zero-order chi connectivity index (χ0) is 65.3. The molecule has 0 aliphatic carbocycles. The second-order valence-electron chi connectivity index (χ2n) is 28.3. The molecule has 0 aliphatic rings. The van der Waals surface area contributed by atoms with E-state index in [2.05, 4.69) is 355 Å². The molecule has 16 aromatic carbocycles. The fourth-order valence-electron chi connectivity index (χ4n) is 15.6. The highest BCUT2D eigenvalue weighted by atomic mass is 32.1. The number of hydrogen-bond acceptors (Lipinski definition) is 2. The van der Waals surface area contributed by atoms with Gasteiger partial charge in [0.1, 0.15) is 0 Å². The Hall–Kier alpha value is -10.9. The molecular weight excluding hydrogens is 1210 g/mol. The fraction of sp³-hybridized carbons (Fsp3) is 0.0851.